The molecule has 114 valence electrons. The average Bonchev–Trinajstić information content (AvgIpc) is 2.77. The smallest absolute Gasteiger partial charge is 0.328 e. The van der Waals surface area contributed by atoms with Gasteiger partial charge in [-0.15, -0.1) is 0 Å². The fraction of sp³-hybridized carbons (Fsp3) is 0.154. The van der Waals surface area contributed by atoms with E-state index in [9.17, 15) is 9.00 Å². The van der Waals surface area contributed by atoms with Gasteiger partial charge in [-0.2, -0.15) is 4.98 Å². The van der Waals surface area contributed by atoms with Crippen LogP contribution in [0.15, 0.2) is 40.3 Å². The first-order valence-electron chi connectivity index (χ1n) is 6.40. The third kappa shape index (κ3) is 2.46. The Morgan fingerprint density at radius 1 is 1.32 bits per heavy atom. The lowest BCUT2D eigenvalue weighted by atomic mass is 10.2. The van der Waals surface area contributed by atoms with Gasteiger partial charge in [0.05, 0.1) is 6.54 Å². The molecule has 0 aliphatic heterocycles. The average molecular weight is 318 g/mol. The molecular formula is C13H14N6O2S. The summed E-state index contributed by atoms with van der Waals surface area (Å²) >= 11 is 0. The van der Waals surface area contributed by atoms with Crippen molar-refractivity contribution in [3.8, 4) is 0 Å². The molecular weight excluding hydrogens is 304 g/mol. The summed E-state index contributed by atoms with van der Waals surface area (Å²) in [7, 11) is -3.13. The Bertz CT molecular complexity index is 1000. The van der Waals surface area contributed by atoms with Gasteiger partial charge >= 0.3 is 5.69 Å². The Morgan fingerprint density at radius 2 is 2.00 bits per heavy atom. The fourth-order valence-electron chi connectivity index (χ4n) is 2.12. The van der Waals surface area contributed by atoms with Crippen LogP contribution < -0.4 is 11.4 Å². The number of hydrogen-bond donors (Lipinski definition) is 3. The van der Waals surface area contributed by atoms with Gasteiger partial charge < -0.3 is 10.7 Å². The van der Waals surface area contributed by atoms with Gasteiger partial charge in [0.2, 0.25) is 5.16 Å². The van der Waals surface area contributed by atoms with Crippen LogP contribution in [-0.4, -0.2) is 30.0 Å². The molecule has 0 saturated heterocycles. The zero-order chi connectivity index (χ0) is 15.9. The molecule has 3 aromatic rings. The fourth-order valence-corrected chi connectivity index (χ4v) is 2.65. The Hall–Kier alpha value is -2.68. The van der Waals surface area contributed by atoms with Crippen LogP contribution in [0.25, 0.3) is 11.2 Å². The number of aromatic nitrogens is 4. The first-order chi connectivity index (χ1) is 10.4. The molecule has 0 radical (unpaired) electrons. The number of nitrogens with two attached hydrogens (primary N) is 1. The molecule has 1 aromatic carbocycles. The van der Waals surface area contributed by atoms with Crippen molar-refractivity contribution in [3.05, 3.63) is 46.4 Å². The molecule has 2 heterocycles. The highest BCUT2D eigenvalue weighted by molar-refractivity contribution is 7.91. The number of rotatable bonds is 3. The number of imidazole rings is 1. The predicted octanol–water partition coefficient (Wildman–Crippen LogP) is 0.786. The maximum absolute atomic E-state index is 12.1. The molecule has 0 amide bonds. The number of nitrogens with zero attached hydrogens (tertiary/aromatic N) is 3. The Morgan fingerprint density at radius 3 is 2.64 bits per heavy atom. The molecule has 22 heavy (non-hydrogen) atoms. The van der Waals surface area contributed by atoms with Gasteiger partial charge in [0.25, 0.3) is 0 Å². The van der Waals surface area contributed by atoms with Crippen molar-refractivity contribution in [2.75, 3.05) is 12.0 Å². The molecule has 1 unspecified atom stereocenters. The monoisotopic (exact) mass is 318 g/mol. The van der Waals surface area contributed by atoms with Gasteiger partial charge in [-0.05, 0) is 5.56 Å². The van der Waals surface area contributed by atoms with Crippen LogP contribution in [0.4, 0.5) is 5.82 Å². The second kappa shape index (κ2) is 4.95. The number of nitrogens with one attached hydrogen (secondary N) is 2. The summed E-state index contributed by atoms with van der Waals surface area (Å²) in [5.74, 6) is 0.00531. The molecule has 0 aliphatic rings. The van der Waals surface area contributed by atoms with Gasteiger partial charge in [-0.1, -0.05) is 30.3 Å². The normalized spacial score (nSPS) is 14.0. The SMILES string of the molecule is CS(=N)(=O)c1nc(N)c2[nH]c(=O)n(Cc3ccccc3)c2n1. The second-order valence-electron chi connectivity index (χ2n) is 4.94. The van der Waals surface area contributed by atoms with E-state index in [1.807, 2.05) is 30.3 Å². The number of benzene rings is 1. The first kappa shape index (κ1) is 14.3. The summed E-state index contributed by atoms with van der Waals surface area (Å²) in [6.45, 7) is 0.290. The third-order valence-electron chi connectivity index (χ3n) is 3.16. The van der Waals surface area contributed by atoms with E-state index in [-0.39, 0.29) is 27.8 Å². The molecule has 0 bridgehead atoms. The van der Waals surface area contributed by atoms with E-state index in [1.54, 1.807) is 0 Å². The topological polar surface area (TPSA) is 131 Å². The van der Waals surface area contributed by atoms with Crippen molar-refractivity contribution < 1.29 is 4.21 Å². The molecule has 2 aromatic heterocycles. The highest BCUT2D eigenvalue weighted by atomic mass is 32.2. The number of anilines is 1. The summed E-state index contributed by atoms with van der Waals surface area (Å²) in [6, 6.07) is 9.37. The van der Waals surface area contributed by atoms with Crippen LogP contribution in [0.1, 0.15) is 5.56 Å². The minimum Gasteiger partial charge on any atom is -0.382 e. The largest absolute Gasteiger partial charge is 0.382 e. The highest BCUT2D eigenvalue weighted by Gasteiger charge is 2.17. The standard InChI is InChI=1S/C13H14N6O2S/c1-22(15,21)12-17-10(14)9-11(18-12)19(13(20)16-9)7-8-5-3-2-4-6-8/h2-6,15H,7H2,1H3,(H,16,20)(H2,14,17,18). The summed E-state index contributed by atoms with van der Waals surface area (Å²) in [5, 5.41) is -0.182. The molecule has 1 atom stereocenters. The minimum absolute atomic E-state index is 0.00531. The van der Waals surface area contributed by atoms with Crippen molar-refractivity contribution in [2.24, 2.45) is 0 Å². The number of aromatic amines is 1. The van der Waals surface area contributed by atoms with Crippen LogP contribution >= 0.6 is 0 Å². The molecule has 4 N–H and O–H groups in total. The van der Waals surface area contributed by atoms with Crippen LogP contribution in [0.3, 0.4) is 0 Å². The third-order valence-corrected chi connectivity index (χ3v) is 4.04. The van der Waals surface area contributed by atoms with Crippen LogP contribution in [-0.2, 0) is 16.3 Å². The second-order valence-corrected chi connectivity index (χ2v) is 6.99. The summed E-state index contributed by atoms with van der Waals surface area (Å²) in [5.41, 5.74) is 6.84. The number of hydrogen-bond acceptors (Lipinski definition) is 6. The van der Waals surface area contributed by atoms with E-state index in [4.69, 9.17) is 10.5 Å². The van der Waals surface area contributed by atoms with Crippen molar-refractivity contribution in [2.45, 2.75) is 11.7 Å². The quantitative estimate of drug-likeness (QED) is 0.614. The highest BCUT2D eigenvalue weighted by Crippen LogP contribution is 2.17. The number of fused-ring (bicyclic) bond motifs is 1. The van der Waals surface area contributed by atoms with Gasteiger partial charge in [0.1, 0.15) is 15.2 Å². The van der Waals surface area contributed by atoms with Gasteiger partial charge in [0.15, 0.2) is 11.5 Å². The molecule has 0 saturated carbocycles. The maximum atomic E-state index is 12.1. The van der Waals surface area contributed by atoms with Crippen molar-refractivity contribution >= 4 is 26.7 Å². The zero-order valence-corrected chi connectivity index (χ0v) is 12.6. The molecule has 9 heteroatoms. The lowest BCUT2D eigenvalue weighted by molar-refractivity contribution is 0.671. The zero-order valence-electron chi connectivity index (χ0n) is 11.7. The maximum Gasteiger partial charge on any atom is 0.328 e. The predicted molar refractivity (Wildman–Crippen MR) is 83.2 cm³/mol. The van der Waals surface area contributed by atoms with E-state index in [0.717, 1.165) is 5.56 Å². The summed E-state index contributed by atoms with van der Waals surface area (Å²) in [6.07, 6.45) is 1.21. The Labute approximate surface area is 126 Å². The van der Waals surface area contributed by atoms with Crippen LogP contribution in [0.5, 0.6) is 0 Å². The molecule has 0 aliphatic carbocycles. The Balaban J connectivity index is 2.24. The summed E-state index contributed by atoms with van der Waals surface area (Å²) in [4.78, 5) is 22.7. The number of H-pyrrole nitrogens is 1. The first-order valence-corrected chi connectivity index (χ1v) is 8.36. The van der Waals surface area contributed by atoms with Crippen molar-refractivity contribution in [1.29, 1.82) is 4.78 Å². The van der Waals surface area contributed by atoms with Gasteiger partial charge in [-0.25, -0.2) is 18.8 Å². The lowest BCUT2D eigenvalue weighted by Gasteiger charge is -2.05. The molecule has 0 spiro atoms. The minimum atomic E-state index is -3.13. The van der Waals surface area contributed by atoms with Crippen LogP contribution in [0, 0.1) is 4.78 Å². The molecule has 3 rings (SSSR count). The van der Waals surface area contributed by atoms with Crippen LogP contribution in [0.2, 0.25) is 0 Å². The van der Waals surface area contributed by atoms with Crippen molar-refractivity contribution in [1.82, 2.24) is 19.5 Å². The number of nitrogen functional groups attached to an aromatic ring is 1. The molecule has 0 fully saturated rings. The van der Waals surface area contributed by atoms with Crippen molar-refractivity contribution in [3.63, 3.8) is 0 Å². The van der Waals surface area contributed by atoms with E-state index >= 15 is 0 Å². The van der Waals surface area contributed by atoms with Gasteiger partial charge in [0, 0.05) is 6.26 Å². The Kier molecular flexibility index (Phi) is 3.21. The van der Waals surface area contributed by atoms with E-state index < -0.39 is 9.73 Å². The summed E-state index contributed by atoms with van der Waals surface area (Å²) < 4.78 is 20.8. The van der Waals surface area contributed by atoms with Gasteiger partial charge in [-0.3, -0.25) is 4.57 Å². The molecule has 8 nitrogen and oxygen atoms in total. The van der Waals surface area contributed by atoms with E-state index in [0.29, 0.717) is 6.54 Å². The van der Waals surface area contributed by atoms with E-state index in [1.165, 1.54) is 10.8 Å². The lowest BCUT2D eigenvalue weighted by Crippen LogP contribution is -2.18. The van der Waals surface area contributed by atoms with E-state index in [2.05, 4.69) is 15.0 Å².